The van der Waals surface area contributed by atoms with Crippen molar-refractivity contribution in [2.45, 2.75) is 38.9 Å². The molecule has 0 aliphatic heterocycles. The molecule has 1 aliphatic rings. The lowest BCUT2D eigenvalue weighted by Crippen LogP contribution is -2.63. The molecule has 1 aliphatic carbocycles. The largest absolute Gasteiger partial charge is 0.344 e. The van der Waals surface area contributed by atoms with Gasteiger partial charge in [0.25, 0.3) is 0 Å². The van der Waals surface area contributed by atoms with Gasteiger partial charge in [-0.05, 0) is 17.8 Å². The Balaban J connectivity index is 2.84. The summed E-state index contributed by atoms with van der Waals surface area (Å²) < 4.78 is 23.1. The van der Waals surface area contributed by atoms with E-state index >= 15 is 0 Å². The molecule has 22 heavy (non-hydrogen) atoms. The molecule has 0 aromatic carbocycles. The molecule has 4 unspecified atom stereocenters. The monoisotopic (exact) mass is 355 g/mol. The number of rotatable bonds is 6. The van der Waals surface area contributed by atoms with Crippen LogP contribution in [0.5, 0.6) is 0 Å². The summed E-state index contributed by atoms with van der Waals surface area (Å²) in [6.07, 6.45) is 0.0961. The third kappa shape index (κ3) is 5.72. The quantitative estimate of drug-likeness (QED) is 0.448. The average molecular weight is 355 g/mol. The fourth-order valence-electron chi connectivity index (χ4n) is 3.43. The van der Waals surface area contributed by atoms with Gasteiger partial charge in [-0.3, -0.25) is 9.13 Å². The molecule has 1 saturated carbocycles. The van der Waals surface area contributed by atoms with Crippen LogP contribution >= 0.6 is 14.7 Å². The Morgan fingerprint density at radius 2 is 1.18 bits per heavy atom. The van der Waals surface area contributed by atoms with Crippen LogP contribution < -0.4 is 16.4 Å². The van der Waals surface area contributed by atoms with Crippen LogP contribution in [-0.4, -0.2) is 53.8 Å². The van der Waals surface area contributed by atoms with Crippen LogP contribution in [0.25, 0.3) is 0 Å². The first-order valence-electron chi connectivity index (χ1n) is 7.64. The molecule has 6 N–H and O–H groups in total. The number of nitrogens with two attached hydrogens (primary N) is 1. The highest BCUT2D eigenvalue weighted by Gasteiger charge is 2.43. The Kier molecular flexibility index (Phi) is 6.86. The second-order valence-electron chi connectivity index (χ2n) is 7.03. The van der Waals surface area contributed by atoms with Crippen molar-refractivity contribution in [2.75, 3.05) is 25.9 Å². The molecule has 0 saturated heterocycles. The Bertz CT molecular complexity index is 424. The number of hydrogen-bond donors (Lipinski definition) is 5. The van der Waals surface area contributed by atoms with Crippen molar-refractivity contribution in [2.24, 2.45) is 23.5 Å². The zero-order valence-electron chi connectivity index (χ0n) is 14.1. The van der Waals surface area contributed by atoms with E-state index in [-0.39, 0.29) is 48.5 Å². The third-order valence-electron chi connectivity index (χ3n) is 4.72. The molecule has 8 atom stereocenters. The summed E-state index contributed by atoms with van der Waals surface area (Å²) in [5.74, 6) is 0.428. The molecule has 0 bridgehead atoms. The Morgan fingerprint density at radius 1 is 0.864 bits per heavy atom. The fourth-order valence-corrected chi connectivity index (χ4v) is 4.53. The first kappa shape index (κ1) is 20.3. The molecule has 1 rings (SSSR count). The maximum Gasteiger partial charge on any atom is 0.211 e. The van der Waals surface area contributed by atoms with Crippen molar-refractivity contribution in [1.29, 1.82) is 0 Å². The van der Waals surface area contributed by atoms with Gasteiger partial charge >= 0.3 is 0 Å². The minimum Gasteiger partial charge on any atom is -0.344 e. The van der Waals surface area contributed by atoms with Crippen LogP contribution in [0.3, 0.4) is 0 Å². The Hall–Kier alpha value is 0.260. The minimum absolute atomic E-state index is 0.0148. The number of hydrogen-bond acceptors (Lipinski definition) is 5. The first-order valence-corrected chi connectivity index (χ1v) is 12.2. The van der Waals surface area contributed by atoms with Crippen LogP contribution in [0, 0.1) is 17.8 Å². The molecule has 0 amide bonds. The molecule has 7 nitrogen and oxygen atoms in total. The average Bonchev–Trinajstić information content (AvgIpc) is 2.33. The van der Waals surface area contributed by atoms with Crippen molar-refractivity contribution >= 4 is 14.7 Å². The molecule has 0 aromatic heterocycles. The third-order valence-corrected chi connectivity index (χ3v) is 6.26. The van der Waals surface area contributed by atoms with E-state index in [1.807, 2.05) is 20.8 Å². The molecule has 0 heterocycles. The van der Waals surface area contributed by atoms with Gasteiger partial charge in [-0.2, -0.15) is 0 Å². The van der Waals surface area contributed by atoms with Crippen LogP contribution in [0.1, 0.15) is 20.8 Å². The Labute approximate surface area is 133 Å². The van der Waals surface area contributed by atoms with E-state index in [0.29, 0.717) is 0 Å². The molecule has 1 fully saturated rings. The summed E-state index contributed by atoms with van der Waals surface area (Å²) in [5, 5.41) is 6.35. The lowest BCUT2D eigenvalue weighted by atomic mass is 9.67. The summed E-state index contributed by atoms with van der Waals surface area (Å²) in [7, 11) is -6.28. The van der Waals surface area contributed by atoms with Gasteiger partial charge in [0, 0.05) is 31.5 Å². The van der Waals surface area contributed by atoms with Crippen LogP contribution in [0.4, 0.5) is 0 Å². The van der Waals surface area contributed by atoms with Crippen LogP contribution in [0.2, 0.25) is 0 Å². The molecular weight excluding hydrogens is 324 g/mol. The van der Waals surface area contributed by atoms with E-state index in [2.05, 4.69) is 10.6 Å². The molecule has 0 spiro atoms. The highest BCUT2D eigenvalue weighted by molar-refractivity contribution is 7.57. The molecular formula is C13H31N3O4P2. The van der Waals surface area contributed by atoms with Gasteiger partial charge in [0.15, 0.2) is 0 Å². The highest BCUT2D eigenvalue weighted by Crippen LogP contribution is 2.39. The highest BCUT2D eigenvalue weighted by atomic mass is 31.2. The van der Waals surface area contributed by atoms with E-state index in [9.17, 15) is 18.9 Å². The van der Waals surface area contributed by atoms with E-state index in [1.54, 1.807) is 0 Å². The smallest absolute Gasteiger partial charge is 0.211 e. The SMILES string of the molecule is CC1[C@@H](NCP(C)(=O)O)[C@@H](C)C(N)[C@@H](C)[C@H]1NCP(C)(=O)O. The van der Waals surface area contributed by atoms with Crippen molar-refractivity contribution in [3.63, 3.8) is 0 Å². The van der Waals surface area contributed by atoms with Gasteiger partial charge < -0.3 is 26.2 Å². The van der Waals surface area contributed by atoms with Crippen LogP contribution in [-0.2, 0) is 9.13 Å². The number of nitrogens with one attached hydrogen (secondary N) is 2. The Morgan fingerprint density at radius 3 is 1.45 bits per heavy atom. The second kappa shape index (κ2) is 7.43. The van der Waals surface area contributed by atoms with Gasteiger partial charge in [-0.15, -0.1) is 0 Å². The summed E-state index contributed by atoms with van der Waals surface area (Å²) in [6, 6.07) is -0.116. The van der Waals surface area contributed by atoms with E-state index in [1.165, 1.54) is 13.3 Å². The van der Waals surface area contributed by atoms with Gasteiger partial charge in [-0.25, -0.2) is 0 Å². The zero-order valence-corrected chi connectivity index (χ0v) is 15.8. The van der Waals surface area contributed by atoms with Gasteiger partial charge in [0.05, 0.1) is 12.6 Å². The normalized spacial score (nSPS) is 41.6. The summed E-state index contributed by atoms with van der Waals surface area (Å²) in [6.45, 7) is 8.79. The molecule has 0 radical (unpaired) electrons. The predicted octanol–water partition coefficient (Wildman–Crippen LogP) is 0.867. The molecule has 132 valence electrons. The van der Waals surface area contributed by atoms with E-state index < -0.39 is 14.7 Å². The summed E-state index contributed by atoms with van der Waals surface area (Å²) >= 11 is 0. The van der Waals surface area contributed by atoms with Crippen molar-refractivity contribution < 1.29 is 18.9 Å². The standard InChI is InChI=1S/C13H31N3O4P2/c1-8-11(14)9(2)13(16-7-22(5,19)20)10(3)12(8)15-6-21(4,17)18/h8-13,15-16H,6-7,14H2,1-5H3,(H,17,18)(H,19,20)/t8-,9+,10?,11?,12-,13+. The molecule has 9 heteroatoms. The lowest BCUT2D eigenvalue weighted by molar-refractivity contribution is 0.0960. The van der Waals surface area contributed by atoms with Gasteiger partial charge in [0.1, 0.15) is 0 Å². The zero-order chi connectivity index (χ0) is 17.3. The van der Waals surface area contributed by atoms with Crippen LogP contribution in [0.15, 0.2) is 0 Å². The molecule has 0 aromatic rings. The van der Waals surface area contributed by atoms with Crippen molar-refractivity contribution in [3.05, 3.63) is 0 Å². The summed E-state index contributed by atoms with van der Waals surface area (Å²) in [4.78, 5) is 19.0. The van der Waals surface area contributed by atoms with E-state index in [0.717, 1.165) is 0 Å². The van der Waals surface area contributed by atoms with Crippen molar-refractivity contribution in [3.8, 4) is 0 Å². The second-order valence-corrected chi connectivity index (χ2v) is 11.9. The summed E-state index contributed by atoms with van der Waals surface area (Å²) in [5.41, 5.74) is 6.30. The first-order chi connectivity index (χ1) is 9.83. The van der Waals surface area contributed by atoms with Crippen molar-refractivity contribution in [1.82, 2.24) is 10.6 Å². The van der Waals surface area contributed by atoms with E-state index in [4.69, 9.17) is 5.73 Å². The minimum atomic E-state index is -3.14. The van der Waals surface area contributed by atoms with Gasteiger partial charge in [-0.1, -0.05) is 20.8 Å². The predicted molar refractivity (Wildman–Crippen MR) is 90.5 cm³/mol. The fraction of sp³-hybridized carbons (Fsp3) is 1.00. The lowest BCUT2D eigenvalue weighted by Gasteiger charge is -2.48. The van der Waals surface area contributed by atoms with Gasteiger partial charge in [0.2, 0.25) is 14.7 Å². The topological polar surface area (TPSA) is 125 Å². The maximum absolute atomic E-state index is 11.5. The maximum atomic E-state index is 11.5.